The molecule has 1 heterocycles. The average molecular weight is 219 g/mol. The van der Waals surface area contributed by atoms with E-state index in [9.17, 15) is 14.7 Å². The molecule has 1 aliphatic heterocycles. The van der Waals surface area contributed by atoms with Crippen LogP contribution >= 0.6 is 0 Å². The summed E-state index contributed by atoms with van der Waals surface area (Å²) in [6, 6.07) is 5.87. The van der Waals surface area contributed by atoms with Crippen LogP contribution < -0.4 is 5.32 Å². The lowest BCUT2D eigenvalue weighted by molar-refractivity contribution is -0.118. The van der Waals surface area contributed by atoms with Gasteiger partial charge in [0.05, 0.1) is 6.21 Å². The zero-order valence-electron chi connectivity index (χ0n) is 8.25. The lowest BCUT2D eigenvalue weighted by atomic mass is 10.2. The van der Waals surface area contributed by atoms with Crippen LogP contribution in [0.2, 0.25) is 0 Å². The van der Waals surface area contributed by atoms with Crippen LogP contribution in [-0.4, -0.2) is 34.8 Å². The number of nitrogens with one attached hydrogen (secondary N) is 1. The Labute approximate surface area is 91.2 Å². The molecule has 0 bridgehead atoms. The van der Waals surface area contributed by atoms with Gasteiger partial charge in [0.25, 0.3) is 0 Å². The van der Waals surface area contributed by atoms with Crippen LogP contribution in [0.1, 0.15) is 5.56 Å². The summed E-state index contributed by atoms with van der Waals surface area (Å²) in [4.78, 5) is 21.9. The van der Waals surface area contributed by atoms with Crippen molar-refractivity contribution >= 4 is 18.2 Å². The first-order chi connectivity index (χ1) is 7.65. The van der Waals surface area contributed by atoms with Crippen molar-refractivity contribution in [2.24, 2.45) is 5.10 Å². The summed E-state index contributed by atoms with van der Waals surface area (Å²) in [5.41, 5.74) is 0.646. The standard InChI is InChI=1S/C10H9N3O3/c14-8-3-1-2-7(4-8)5-11-13-6-9(15)12-10(13)16/h1-5,14H,6H2,(H,12,15,16)/b11-5+. The number of imide groups is 1. The lowest BCUT2D eigenvalue weighted by Gasteiger charge is -2.03. The smallest absolute Gasteiger partial charge is 0.344 e. The minimum absolute atomic E-state index is 0.0752. The molecular weight excluding hydrogens is 210 g/mol. The van der Waals surface area contributed by atoms with Gasteiger partial charge in [0.15, 0.2) is 0 Å². The van der Waals surface area contributed by atoms with Crippen molar-refractivity contribution in [2.45, 2.75) is 0 Å². The Hall–Kier alpha value is -2.37. The van der Waals surface area contributed by atoms with Crippen molar-refractivity contribution in [1.82, 2.24) is 10.3 Å². The van der Waals surface area contributed by atoms with E-state index in [4.69, 9.17) is 0 Å². The van der Waals surface area contributed by atoms with E-state index in [-0.39, 0.29) is 18.2 Å². The summed E-state index contributed by atoms with van der Waals surface area (Å²) in [7, 11) is 0. The van der Waals surface area contributed by atoms with Crippen LogP contribution in [0.5, 0.6) is 5.75 Å². The summed E-state index contributed by atoms with van der Waals surface area (Å²) in [6.07, 6.45) is 1.40. The maximum atomic E-state index is 11.1. The average Bonchev–Trinajstić information content (AvgIpc) is 2.54. The molecular formula is C10H9N3O3. The second kappa shape index (κ2) is 4.01. The van der Waals surface area contributed by atoms with Gasteiger partial charge >= 0.3 is 6.03 Å². The summed E-state index contributed by atoms with van der Waals surface area (Å²) in [5.74, 6) is -0.260. The molecule has 2 rings (SSSR count). The molecule has 1 saturated heterocycles. The maximum absolute atomic E-state index is 11.1. The zero-order chi connectivity index (χ0) is 11.5. The molecule has 16 heavy (non-hydrogen) atoms. The molecule has 0 spiro atoms. The Morgan fingerprint density at radius 3 is 2.88 bits per heavy atom. The maximum Gasteiger partial charge on any atom is 0.344 e. The van der Waals surface area contributed by atoms with Crippen molar-refractivity contribution in [3.05, 3.63) is 29.8 Å². The number of hydrogen-bond acceptors (Lipinski definition) is 4. The predicted octanol–water partition coefficient (Wildman–Crippen LogP) is 0.278. The molecule has 0 aromatic heterocycles. The van der Waals surface area contributed by atoms with Crippen molar-refractivity contribution in [1.29, 1.82) is 0 Å². The first kappa shape index (κ1) is 10.2. The number of carbonyl (C=O) groups excluding carboxylic acids is 2. The van der Waals surface area contributed by atoms with E-state index in [1.165, 1.54) is 18.3 Å². The quantitative estimate of drug-likeness (QED) is 0.553. The number of benzene rings is 1. The largest absolute Gasteiger partial charge is 0.508 e. The molecule has 1 aliphatic rings. The number of hydrogen-bond donors (Lipinski definition) is 2. The summed E-state index contributed by atoms with van der Waals surface area (Å²) < 4.78 is 0. The van der Waals surface area contributed by atoms with Crippen LogP contribution in [0.3, 0.4) is 0 Å². The molecule has 82 valence electrons. The minimum atomic E-state index is -0.540. The topological polar surface area (TPSA) is 82.0 Å². The number of carbonyl (C=O) groups is 2. The lowest BCUT2D eigenvalue weighted by Crippen LogP contribution is -2.24. The van der Waals surface area contributed by atoms with Gasteiger partial charge in [0, 0.05) is 0 Å². The molecule has 0 radical (unpaired) electrons. The van der Waals surface area contributed by atoms with Gasteiger partial charge in [-0.1, -0.05) is 12.1 Å². The van der Waals surface area contributed by atoms with E-state index in [1.54, 1.807) is 12.1 Å². The fourth-order valence-corrected chi connectivity index (χ4v) is 1.27. The minimum Gasteiger partial charge on any atom is -0.508 e. The third kappa shape index (κ3) is 2.17. The van der Waals surface area contributed by atoms with Crippen LogP contribution in [0, 0.1) is 0 Å². The number of phenolic OH excluding ortho intramolecular Hbond substituents is 1. The fourth-order valence-electron chi connectivity index (χ4n) is 1.27. The second-order valence-corrected chi connectivity index (χ2v) is 3.25. The van der Waals surface area contributed by atoms with Crippen LogP contribution in [-0.2, 0) is 4.79 Å². The van der Waals surface area contributed by atoms with E-state index in [0.717, 1.165) is 5.01 Å². The van der Waals surface area contributed by atoms with Crippen molar-refractivity contribution < 1.29 is 14.7 Å². The summed E-state index contributed by atoms with van der Waals surface area (Å²) in [6.45, 7) is -0.0752. The summed E-state index contributed by atoms with van der Waals surface area (Å²) >= 11 is 0. The van der Waals surface area contributed by atoms with E-state index in [1.807, 2.05) is 0 Å². The Kier molecular flexibility index (Phi) is 2.55. The first-order valence-corrected chi connectivity index (χ1v) is 4.59. The molecule has 0 saturated carbocycles. The van der Waals surface area contributed by atoms with Crippen molar-refractivity contribution in [3.8, 4) is 5.75 Å². The van der Waals surface area contributed by atoms with Crippen LogP contribution in [0.25, 0.3) is 0 Å². The number of nitrogens with zero attached hydrogens (tertiary/aromatic N) is 2. The molecule has 6 nitrogen and oxygen atoms in total. The first-order valence-electron chi connectivity index (χ1n) is 4.59. The number of hydrazone groups is 1. The van der Waals surface area contributed by atoms with E-state index in [2.05, 4.69) is 10.4 Å². The number of phenols is 1. The molecule has 0 aliphatic carbocycles. The number of amides is 3. The molecule has 3 amide bonds. The summed E-state index contributed by atoms with van der Waals surface area (Å²) in [5, 5.41) is 16.1. The molecule has 1 aromatic carbocycles. The fraction of sp³-hybridized carbons (Fsp3) is 0.100. The van der Waals surface area contributed by atoms with Gasteiger partial charge in [-0.3, -0.25) is 10.1 Å². The van der Waals surface area contributed by atoms with Gasteiger partial charge in [0.1, 0.15) is 12.3 Å². The second-order valence-electron chi connectivity index (χ2n) is 3.25. The van der Waals surface area contributed by atoms with E-state index < -0.39 is 6.03 Å². The Morgan fingerprint density at radius 2 is 2.25 bits per heavy atom. The van der Waals surface area contributed by atoms with Gasteiger partial charge in [-0.05, 0) is 17.7 Å². The third-order valence-corrected chi connectivity index (χ3v) is 1.99. The van der Waals surface area contributed by atoms with E-state index in [0.29, 0.717) is 5.56 Å². The Bertz CT molecular complexity index is 470. The number of urea groups is 1. The third-order valence-electron chi connectivity index (χ3n) is 1.99. The highest BCUT2D eigenvalue weighted by Crippen LogP contribution is 2.09. The normalized spacial score (nSPS) is 15.9. The molecule has 1 fully saturated rings. The van der Waals surface area contributed by atoms with Gasteiger partial charge in [-0.15, -0.1) is 0 Å². The van der Waals surface area contributed by atoms with Crippen LogP contribution in [0.4, 0.5) is 4.79 Å². The predicted molar refractivity (Wildman–Crippen MR) is 55.9 cm³/mol. The highest BCUT2D eigenvalue weighted by atomic mass is 16.3. The highest BCUT2D eigenvalue weighted by molar-refractivity contribution is 6.02. The molecule has 6 heteroatoms. The van der Waals surface area contributed by atoms with Gasteiger partial charge in [-0.25, -0.2) is 9.80 Å². The van der Waals surface area contributed by atoms with Crippen molar-refractivity contribution in [2.75, 3.05) is 6.54 Å². The van der Waals surface area contributed by atoms with Crippen molar-refractivity contribution in [3.63, 3.8) is 0 Å². The van der Waals surface area contributed by atoms with Gasteiger partial charge < -0.3 is 5.11 Å². The Balaban J connectivity index is 2.10. The molecule has 1 aromatic rings. The molecule has 0 unspecified atom stereocenters. The monoisotopic (exact) mass is 219 g/mol. The SMILES string of the molecule is O=C1CN(/N=C/c2cccc(O)c2)C(=O)N1. The molecule has 2 N–H and O–H groups in total. The van der Waals surface area contributed by atoms with E-state index >= 15 is 0 Å². The van der Waals surface area contributed by atoms with Crippen LogP contribution in [0.15, 0.2) is 29.4 Å². The number of rotatable bonds is 2. The van der Waals surface area contributed by atoms with Gasteiger partial charge in [-0.2, -0.15) is 5.10 Å². The molecule has 0 atom stereocenters. The van der Waals surface area contributed by atoms with Gasteiger partial charge in [0.2, 0.25) is 5.91 Å². The highest BCUT2D eigenvalue weighted by Gasteiger charge is 2.25. The number of aromatic hydroxyl groups is 1. The Morgan fingerprint density at radius 1 is 1.44 bits per heavy atom. The zero-order valence-corrected chi connectivity index (χ0v) is 8.25.